The minimum atomic E-state index is 0.962. The van der Waals surface area contributed by atoms with Gasteiger partial charge in [0.15, 0.2) is 12.4 Å². The number of hydrogen-bond donors (Lipinski definition) is 0. The molecule has 0 saturated heterocycles. The number of benzene rings is 1. The van der Waals surface area contributed by atoms with Crippen LogP contribution >= 0.6 is 0 Å². The highest BCUT2D eigenvalue weighted by Crippen LogP contribution is 2.14. The van der Waals surface area contributed by atoms with E-state index in [9.17, 15) is 0 Å². The zero-order chi connectivity index (χ0) is 9.10. The molecule has 1 heteroatoms. The Hall–Kier alpha value is -1.63. The predicted octanol–water partition coefficient (Wildman–Crippen LogP) is 2.88. The first kappa shape index (κ1) is 7.99. The number of allylic oxidation sites excluding steroid dienone is 2. The first-order chi connectivity index (χ1) is 6.36. The van der Waals surface area contributed by atoms with Gasteiger partial charge in [0, 0.05) is 24.1 Å². The van der Waals surface area contributed by atoms with Gasteiger partial charge in [0.1, 0.15) is 0 Å². The van der Waals surface area contributed by atoms with Crippen LogP contribution in [0.5, 0.6) is 0 Å². The molecule has 0 aliphatic carbocycles. The zero-order valence-electron chi connectivity index (χ0n) is 7.48. The van der Waals surface area contributed by atoms with E-state index in [0.717, 1.165) is 12.0 Å². The fourth-order valence-corrected chi connectivity index (χ4v) is 1.37. The fourth-order valence-electron chi connectivity index (χ4n) is 1.37. The third-order valence-electron chi connectivity index (χ3n) is 2.02. The summed E-state index contributed by atoms with van der Waals surface area (Å²) in [6, 6.07) is 10.3. The molecular weight excluding hydrogens is 158 g/mol. The Morgan fingerprint density at radius 2 is 1.92 bits per heavy atom. The second-order valence-electron chi connectivity index (χ2n) is 3.12. The zero-order valence-corrected chi connectivity index (χ0v) is 7.48. The monoisotopic (exact) mass is 170 g/mol. The van der Waals surface area contributed by atoms with Crippen molar-refractivity contribution < 1.29 is 4.58 Å². The summed E-state index contributed by atoms with van der Waals surface area (Å²) in [5.74, 6) is 0. The van der Waals surface area contributed by atoms with Crippen molar-refractivity contribution in [2.24, 2.45) is 0 Å². The Balaban J connectivity index is 2.37. The van der Waals surface area contributed by atoms with Gasteiger partial charge < -0.3 is 0 Å². The van der Waals surface area contributed by atoms with Crippen LogP contribution in [0.3, 0.4) is 0 Å². The molecule has 13 heavy (non-hydrogen) atoms. The first-order valence-corrected chi connectivity index (χ1v) is 4.39. The van der Waals surface area contributed by atoms with Crippen molar-refractivity contribution in [3.05, 3.63) is 54.8 Å². The molecule has 1 aromatic rings. The highest BCUT2D eigenvalue weighted by Gasteiger charge is 2.08. The van der Waals surface area contributed by atoms with E-state index in [0.29, 0.717) is 0 Å². The molecule has 0 radical (unpaired) electrons. The highest BCUT2D eigenvalue weighted by molar-refractivity contribution is 5.75. The standard InChI is InChI=1S/C12H12N/c1-11-6-5-9-13(10-11)12-7-3-2-4-8-12/h2-5,7-10H,1,6H2/q+1. The highest BCUT2D eigenvalue weighted by atomic mass is 15.0. The average Bonchev–Trinajstić information content (AvgIpc) is 2.19. The number of para-hydroxylation sites is 1. The van der Waals surface area contributed by atoms with Crippen molar-refractivity contribution in [2.75, 3.05) is 0 Å². The molecule has 0 spiro atoms. The summed E-state index contributed by atoms with van der Waals surface area (Å²) in [6.45, 7) is 3.94. The van der Waals surface area contributed by atoms with Crippen molar-refractivity contribution >= 4 is 11.9 Å². The largest absolute Gasteiger partial charge is 0.210 e. The van der Waals surface area contributed by atoms with E-state index in [1.165, 1.54) is 5.69 Å². The molecule has 1 aliphatic rings. The molecule has 0 N–H and O–H groups in total. The van der Waals surface area contributed by atoms with Gasteiger partial charge in [-0.25, -0.2) is 0 Å². The van der Waals surface area contributed by atoms with Crippen molar-refractivity contribution in [1.29, 1.82) is 0 Å². The summed E-state index contributed by atoms with van der Waals surface area (Å²) < 4.78 is 2.09. The van der Waals surface area contributed by atoms with E-state index in [-0.39, 0.29) is 0 Å². The number of hydrogen-bond acceptors (Lipinski definition) is 0. The van der Waals surface area contributed by atoms with Gasteiger partial charge in [-0.15, -0.1) is 0 Å². The third-order valence-corrected chi connectivity index (χ3v) is 2.02. The normalized spacial score (nSPS) is 15.7. The lowest BCUT2D eigenvalue weighted by Gasteiger charge is -2.01. The molecule has 1 nitrogen and oxygen atoms in total. The van der Waals surface area contributed by atoms with Gasteiger partial charge in [0.25, 0.3) is 0 Å². The molecule has 64 valence electrons. The Morgan fingerprint density at radius 1 is 1.15 bits per heavy atom. The molecule has 0 bridgehead atoms. The van der Waals surface area contributed by atoms with E-state index >= 15 is 0 Å². The lowest BCUT2D eigenvalue weighted by atomic mass is 10.2. The summed E-state index contributed by atoms with van der Waals surface area (Å²) in [5.41, 5.74) is 2.32. The van der Waals surface area contributed by atoms with Crippen LogP contribution in [-0.2, 0) is 0 Å². The molecule has 0 atom stereocenters. The second-order valence-corrected chi connectivity index (χ2v) is 3.12. The molecule has 2 rings (SSSR count). The Kier molecular flexibility index (Phi) is 2.09. The molecular formula is C12H12N+. The fraction of sp³-hybridized carbons (Fsp3) is 0.0833. The molecule has 1 aliphatic heterocycles. The van der Waals surface area contributed by atoms with Crippen molar-refractivity contribution in [3.63, 3.8) is 0 Å². The lowest BCUT2D eigenvalue weighted by Crippen LogP contribution is -2.04. The molecule has 0 aromatic heterocycles. The summed E-state index contributed by atoms with van der Waals surface area (Å²) >= 11 is 0. The minimum Gasteiger partial charge on any atom is -0.167 e. The number of rotatable bonds is 1. The van der Waals surface area contributed by atoms with Crippen LogP contribution in [0.25, 0.3) is 0 Å². The predicted molar refractivity (Wildman–Crippen MR) is 55.3 cm³/mol. The van der Waals surface area contributed by atoms with E-state index in [4.69, 9.17) is 0 Å². The lowest BCUT2D eigenvalue weighted by molar-refractivity contribution is -0.355. The van der Waals surface area contributed by atoms with Crippen LogP contribution in [0.1, 0.15) is 6.42 Å². The van der Waals surface area contributed by atoms with Crippen molar-refractivity contribution in [3.8, 4) is 0 Å². The maximum atomic E-state index is 3.94. The smallest absolute Gasteiger partial charge is 0.167 e. The van der Waals surface area contributed by atoms with Gasteiger partial charge >= 0.3 is 0 Å². The molecule has 0 saturated carbocycles. The van der Waals surface area contributed by atoms with E-state index in [2.05, 4.69) is 41.8 Å². The SMILES string of the molecule is C=C1C=[N+](c2ccccc2)C=CC1. The van der Waals surface area contributed by atoms with Crippen molar-refractivity contribution in [1.82, 2.24) is 0 Å². The summed E-state index contributed by atoms with van der Waals surface area (Å²) in [7, 11) is 0. The van der Waals surface area contributed by atoms with Crippen LogP contribution in [0, 0.1) is 0 Å². The average molecular weight is 170 g/mol. The molecule has 0 unspecified atom stereocenters. The Bertz CT molecular complexity index is 371. The van der Waals surface area contributed by atoms with Gasteiger partial charge in [0.2, 0.25) is 5.69 Å². The van der Waals surface area contributed by atoms with Crippen LogP contribution in [0.2, 0.25) is 0 Å². The number of nitrogens with zero attached hydrogens (tertiary/aromatic N) is 1. The third kappa shape index (κ3) is 1.75. The maximum absolute atomic E-state index is 3.94. The molecule has 1 aromatic carbocycles. The summed E-state index contributed by atoms with van der Waals surface area (Å²) in [5, 5.41) is 0. The molecule has 0 amide bonds. The van der Waals surface area contributed by atoms with E-state index in [1.54, 1.807) is 0 Å². The van der Waals surface area contributed by atoms with E-state index in [1.807, 2.05) is 18.2 Å². The van der Waals surface area contributed by atoms with Crippen LogP contribution < -0.4 is 0 Å². The Labute approximate surface area is 78.3 Å². The van der Waals surface area contributed by atoms with Gasteiger partial charge in [-0.3, -0.25) is 0 Å². The van der Waals surface area contributed by atoms with Gasteiger partial charge in [-0.05, 0) is 6.08 Å². The van der Waals surface area contributed by atoms with Crippen molar-refractivity contribution in [2.45, 2.75) is 6.42 Å². The second kappa shape index (κ2) is 3.40. The first-order valence-electron chi connectivity index (χ1n) is 4.39. The minimum absolute atomic E-state index is 0.962. The van der Waals surface area contributed by atoms with Crippen LogP contribution in [0.4, 0.5) is 5.69 Å². The molecule has 0 fully saturated rings. The van der Waals surface area contributed by atoms with E-state index < -0.39 is 0 Å². The topological polar surface area (TPSA) is 3.01 Å². The van der Waals surface area contributed by atoms with Crippen LogP contribution in [0.15, 0.2) is 54.8 Å². The summed E-state index contributed by atoms with van der Waals surface area (Å²) in [4.78, 5) is 0. The van der Waals surface area contributed by atoms with Gasteiger partial charge in [-0.2, -0.15) is 4.58 Å². The quantitative estimate of drug-likeness (QED) is 0.570. The molecule has 1 heterocycles. The van der Waals surface area contributed by atoms with Gasteiger partial charge in [0.05, 0.1) is 0 Å². The summed E-state index contributed by atoms with van der Waals surface area (Å²) in [6.07, 6.45) is 7.22. The van der Waals surface area contributed by atoms with Gasteiger partial charge in [-0.1, -0.05) is 24.8 Å². The maximum Gasteiger partial charge on any atom is 0.210 e. The van der Waals surface area contributed by atoms with Crippen LogP contribution in [-0.4, -0.2) is 10.8 Å². The Morgan fingerprint density at radius 3 is 2.62 bits per heavy atom.